The number of anilines is 1. The molecule has 0 atom stereocenters. The molecule has 2 heterocycles. The van der Waals surface area contributed by atoms with Gasteiger partial charge in [0.15, 0.2) is 0 Å². The molecule has 3 fully saturated rings. The fourth-order valence-electron chi connectivity index (χ4n) is 6.27. The molecule has 2 aromatic rings. The largest absolute Gasteiger partial charge is 0.479 e. The molecule has 1 aliphatic heterocycles. The number of carbonyl (C=O) groups is 2. The normalized spacial score (nSPS) is 26.5. The van der Waals surface area contributed by atoms with E-state index in [2.05, 4.69) is 69.5 Å². The lowest BCUT2D eigenvalue weighted by molar-refractivity contribution is -0.116. The Kier molecular flexibility index (Phi) is 6.59. The Bertz CT molecular complexity index is 1080. The summed E-state index contributed by atoms with van der Waals surface area (Å²) in [5.74, 6) is 0.268. The summed E-state index contributed by atoms with van der Waals surface area (Å²) in [6.07, 6.45) is 10.0. The van der Waals surface area contributed by atoms with Gasteiger partial charge in [-0.05, 0) is 64.1 Å². The van der Waals surface area contributed by atoms with E-state index in [1.165, 1.54) is 37.2 Å². The minimum atomic E-state index is -0.349. The third-order valence-electron chi connectivity index (χ3n) is 8.66. The first-order chi connectivity index (χ1) is 17.3. The first kappa shape index (κ1) is 24.5. The zero-order chi connectivity index (χ0) is 25.3. The first-order valence-electron chi connectivity index (χ1n) is 12.9. The Labute approximate surface area is 212 Å². The third-order valence-corrected chi connectivity index (χ3v) is 8.66. The lowest BCUT2D eigenvalue weighted by Gasteiger charge is -2.51. The van der Waals surface area contributed by atoms with Gasteiger partial charge in [-0.1, -0.05) is 36.8 Å². The molecule has 1 aromatic carbocycles. The van der Waals surface area contributed by atoms with Crippen LogP contribution in [0.15, 0.2) is 42.7 Å². The second-order valence-corrected chi connectivity index (χ2v) is 10.9. The van der Waals surface area contributed by atoms with Crippen LogP contribution >= 0.6 is 0 Å². The molecule has 3 amide bonds. The topological polar surface area (TPSA) is 102 Å². The Balaban J connectivity index is 1.33. The number of hydrogen-bond acceptors (Lipinski definition) is 6. The maximum absolute atomic E-state index is 13.7. The molecule has 1 spiro atoms. The summed E-state index contributed by atoms with van der Waals surface area (Å²) in [7, 11) is 4.31. The van der Waals surface area contributed by atoms with Crippen molar-refractivity contribution in [1.29, 1.82) is 0 Å². The fraction of sp³-hybridized carbons (Fsp3) is 0.556. The number of amides is 3. The Hall–Kier alpha value is -3.20. The van der Waals surface area contributed by atoms with Gasteiger partial charge in [-0.15, -0.1) is 0 Å². The minimum Gasteiger partial charge on any atom is -0.479 e. The Morgan fingerprint density at radius 3 is 2.36 bits per heavy atom. The molecule has 192 valence electrons. The van der Waals surface area contributed by atoms with Crippen LogP contribution in [0.1, 0.15) is 50.5 Å². The highest BCUT2D eigenvalue weighted by Gasteiger charge is 2.55. The number of aromatic hydroxyl groups is 1. The van der Waals surface area contributed by atoms with E-state index in [-0.39, 0.29) is 35.6 Å². The molecule has 1 aromatic heterocycles. The predicted octanol–water partition coefficient (Wildman–Crippen LogP) is 3.43. The van der Waals surface area contributed by atoms with Gasteiger partial charge in [-0.2, -0.15) is 0 Å². The van der Waals surface area contributed by atoms with Crippen molar-refractivity contribution in [2.45, 2.75) is 56.0 Å². The van der Waals surface area contributed by atoms with Crippen LogP contribution in [0.2, 0.25) is 0 Å². The van der Waals surface area contributed by atoms with E-state index in [9.17, 15) is 14.7 Å². The molecule has 0 unspecified atom stereocenters. The lowest BCUT2D eigenvalue weighted by Crippen LogP contribution is -2.56. The molecule has 0 bridgehead atoms. The highest BCUT2D eigenvalue weighted by atomic mass is 16.3. The van der Waals surface area contributed by atoms with Crippen LogP contribution in [-0.4, -0.2) is 81.0 Å². The molecular weight excluding hydrogens is 456 g/mol. The summed E-state index contributed by atoms with van der Waals surface area (Å²) in [4.78, 5) is 40.0. The van der Waals surface area contributed by atoms with Crippen molar-refractivity contribution in [3.8, 4) is 6.01 Å². The van der Waals surface area contributed by atoms with Crippen molar-refractivity contribution in [2.75, 3.05) is 39.0 Å². The molecule has 2 aliphatic carbocycles. The Morgan fingerprint density at radius 1 is 1.11 bits per heavy atom. The number of benzene rings is 1. The van der Waals surface area contributed by atoms with Crippen molar-refractivity contribution >= 4 is 17.6 Å². The first-order valence-corrected chi connectivity index (χ1v) is 12.9. The van der Waals surface area contributed by atoms with Gasteiger partial charge in [-0.3, -0.25) is 9.69 Å². The van der Waals surface area contributed by atoms with Crippen molar-refractivity contribution < 1.29 is 14.7 Å². The number of aromatic nitrogens is 2. The van der Waals surface area contributed by atoms with Crippen LogP contribution in [0.3, 0.4) is 0 Å². The average molecular weight is 493 g/mol. The highest BCUT2D eigenvalue weighted by molar-refractivity contribution is 5.94. The summed E-state index contributed by atoms with van der Waals surface area (Å²) >= 11 is 0. The van der Waals surface area contributed by atoms with Gasteiger partial charge in [0.1, 0.15) is 6.54 Å². The van der Waals surface area contributed by atoms with E-state index in [0.29, 0.717) is 18.2 Å². The summed E-state index contributed by atoms with van der Waals surface area (Å²) in [6.45, 7) is 1.33. The number of carbonyl (C=O) groups excluding carboxylic acids is 2. The quantitative estimate of drug-likeness (QED) is 0.614. The van der Waals surface area contributed by atoms with E-state index < -0.39 is 0 Å². The van der Waals surface area contributed by atoms with Gasteiger partial charge in [0, 0.05) is 18.6 Å². The lowest BCUT2D eigenvalue weighted by atomic mass is 9.68. The molecule has 9 nitrogen and oxygen atoms in total. The van der Waals surface area contributed by atoms with E-state index in [1.807, 2.05) is 0 Å². The number of hydrogen-bond donors (Lipinski definition) is 2. The van der Waals surface area contributed by atoms with Gasteiger partial charge in [0.2, 0.25) is 5.91 Å². The van der Waals surface area contributed by atoms with Gasteiger partial charge in [-0.25, -0.2) is 14.8 Å². The van der Waals surface area contributed by atoms with Crippen LogP contribution in [0.25, 0.3) is 0 Å². The summed E-state index contributed by atoms with van der Waals surface area (Å²) in [5, 5.41) is 12.0. The van der Waals surface area contributed by atoms with Crippen molar-refractivity contribution in [2.24, 2.45) is 5.92 Å². The zero-order valence-corrected chi connectivity index (χ0v) is 21.2. The molecule has 1 saturated heterocycles. The standard InChI is InChI=1S/C27H36N6O3/c1-31(2)27(21-9-4-3-5-10-21)13-11-26(12-14-27)19-32(25(36)33(26)17-20-7-6-8-20)18-23(34)30-22-15-28-24(35)29-16-22/h3-5,9-10,15-16,20H,6-8,11-14,17-19H2,1-2H3,(H,30,34)(H,28,29,35)/t26-,27-. The second kappa shape index (κ2) is 9.69. The van der Waals surface area contributed by atoms with Crippen LogP contribution < -0.4 is 5.32 Å². The van der Waals surface area contributed by atoms with E-state index in [1.54, 1.807) is 4.90 Å². The maximum Gasteiger partial charge on any atom is 0.321 e. The van der Waals surface area contributed by atoms with E-state index in [0.717, 1.165) is 32.2 Å². The SMILES string of the molecule is CN(C)[C@]1(c2ccccc2)CC[C@@]2(CC1)CN(CC(=O)Nc1cnc(O)nc1)C(=O)N2CC1CCC1. The Morgan fingerprint density at radius 2 is 1.78 bits per heavy atom. The van der Waals surface area contributed by atoms with Gasteiger partial charge in [0.05, 0.1) is 23.6 Å². The minimum absolute atomic E-state index is 0.0138. The fourth-order valence-corrected chi connectivity index (χ4v) is 6.27. The molecule has 5 rings (SSSR count). The summed E-state index contributed by atoms with van der Waals surface area (Å²) < 4.78 is 0. The maximum atomic E-state index is 13.7. The number of nitrogens with zero attached hydrogens (tertiary/aromatic N) is 5. The highest BCUT2D eigenvalue weighted by Crippen LogP contribution is 2.49. The van der Waals surface area contributed by atoms with Crippen molar-refractivity contribution in [3.63, 3.8) is 0 Å². The van der Waals surface area contributed by atoms with Crippen LogP contribution in [-0.2, 0) is 10.3 Å². The average Bonchev–Trinajstić information content (AvgIpc) is 3.08. The molecule has 3 aliphatic rings. The van der Waals surface area contributed by atoms with Crippen LogP contribution in [0.5, 0.6) is 6.01 Å². The second-order valence-electron chi connectivity index (χ2n) is 10.9. The number of nitrogens with one attached hydrogen (secondary N) is 1. The van der Waals surface area contributed by atoms with Gasteiger partial charge in [0.25, 0.3) is 0 Å². The molecule has 0 radical (unpaired) electrons. The van der Waals surface area contributed by atoms with Crippen molar-refractivity contribution in [3.05, 3.63) is 48.3 Å². The summed E-state index contributed by atoms with van der Waals surface area (Å²) in [5.41, 5.74) is 1.42. The van der Waals surface area contributed by atoms with Crippen LogP contribution in [0.4, 0.5) is 10.5 Å². The van der Waals surface area contributed by atoms with Crippen LogP contribution in [0, 0.1) is 5.92 Å². The monoisotopic (exact) mass is 492 g/mol. The number of urea groups is 1. The zero-order valence-electron chi connectivity index (χ0n) is 21.2. The number of rotatable bonds is 7. The molecule has 36 heavy (non-hydrogen) atoms. The van der Waals surface area contributed by atoms with Gasteiger partial charge < -0.3 is 20.2 Å². The molecular formula is C27H36N6O3. The third kappa shape index (κ3) is 4.52. The molecule has 2 N–H and O–H groups in total. The predicted molar refractivity (Wildman–Crippen MR) is 136 cm³/mol. The molecule has 9 heteroatoms. The molecule has 2 saturated carbocycles. The van der Waals surface area contributed by atoms with E-state index >= 15 is 0 Å². The van der Waals surface area contributed by atoms with Gasteiger partial charge >= 0.3 is 12.0 Å². The smallest absolute Gasteiger partial charge is 0.321 e. The summed E-state index contributed by atoms with van der Waals surface area (Å²) in [6, 6.07) is 10.3. The van der Waals surface area contributed by atoms with E-state index in [4.69, 9.17) is 0 Å². The van der Waals surface area contributed by atoms with Crippen molar-refractivity contribution in [1.82, 2.24) is 24.7 Å².